The van der Waals surface area contributed by atoms with Crippen LogP contribution in [0.1, 0.15) is 0 Å². The minimum absolute atomic E-state index is 0.131. The molecule has 0 N–H and O–H groups in total. The lowest BCUT2D eigenvalue weighted by Gasteiger charge is -1.58. The highest BCUT2D eigenvalue weighted by atomic mass is 35.7. The van der Waals surface area contributed by atoms with Crippen LogP contribution >= 0.6 is 44.9 Å². The molecule has 0 heterocycles. The van der Waals surface area contributed by atoms with E-state index in [0.29, 0.717) is 0 Å². The molecule has 0 unspecified atom stereocenters. The van der Waals surface area contributed by atoms with E-state index in [-0.39, 0.29) is 4.17 Å². The average Bonchev–Trinajstić information content (AvgIpc) is 1.38. The zero-order valence-electron chi connectivity index (χ0n) is 2.04. The Bertz CT molecular complexity index is 20.9. The summed E-state index contributed by atoms with van der Waals surface area (Å²) in [6.45, 7) is 0. The topological polar surface area (TPSA) is 0 Å². The van der Waals surface area contributed by atoms with Crippen molar-refractivity contribution in [2.75, 3.05) is 0 Å². The van der Waals surface area contributed by atoms with Crippen LogP contribution in [0.5, 0.6) is 0 Å². The van der Waals surface area contributed by atoms with Crippen molar-refractivity contribution in [3.8, 4) is 0 Å². The van der Waals surface area contributed by atoms with Crippen LogP contribution in [0.3, 0.4) is 0 Å². The zero-order chi connectivity index (χ0) is 4.28. The molecule has 0 fully saturated rings. The molecule has 0 nitrogen and oxygen atoms in total. The van der Waals surface area contributed by atoms with Crippen molar-refractivity contribution in [2.45, 2.75) is 0 Å². The average molecular weight is 150 g/mol. The van der Waals surface area contributed by atoms with Crippen molar-refractivity contribution in [1.29, 1.82) is 0 Å². The third-order valence-electron chi connectivity index (χ3n) is 0.0583. The van der Waals surface area contributed by atoms with Gasteiger partial charge in [-0.3, -0.25) is 0 Å². The Labute approximate surface area is 49.3 Å². The SMILES string of the molecule is ClS[C+](Cl)Cl. The molecule has 0 aliphatic carbocycles. The molecule has 0 aliphatic rings. The molecule has 0 aromatic rings. The van der Waals surface area contributed by atoms with Crippen molar-refractivity contribution in [1.82, 2.24) is 0 Å². The number of rotatable bonds is 1. The molecule has 0 amide bonds. The van der Waals surface area contributed by atoms with E-state index in [1.807, 2.05) is 0 Å². The van der Waals surface area contributed by atoms with Gasteiger partial charge in [0.15, 0.2) is 23.2 Å². The van der Waals surface area contributed by atoms with Gasteiger partial charge in [-0.15, -0.1) is 0 Å². The molecule has 0 saturated carbocycles. The molecular weight excluding hydrogens is 150 g/mol. The van der Waals surface area contributed by atoms with Crippen LogP contribution in [-0.4, -0.2) is 0 Å². The van der Waals surface area contributed by atoms with Gasteiger partial charge in [-0.1, -0.05) is 0 Å². The van der Waals surface area contributed by atoms with E-state index in [2.05, 4.69) is 0 Å². The van der Waals surface area contributed by atoms with Crippen LogP contribution < -0.4 is 0 Å². The zero-order valence-corrected chi connectivity index (χ0v) is 5.13. The maximum Gasteiger partial charge on any atom is 0.391 e. The summed E-state index contributed by atoms with van der Waals surface area (Å²) in [7, 11) is 5.75. The van der Waals surface area contributed by atoms with E-state index >= 15 is 0 Å². The Hall–Kier alpha value is 1.09. The monoisotopic (exact) mass is 149 g/mol. The third-order valence-corrected chi connectivity index (χ3v) is 1.57. The summed E-state index contributed by atoms with van der Waals surface area (Å²) in [5.41, 5.74) is 0. The normalized spacial score (nSPS) is 7.80. The van der Waals surface area contributed by atoms with Gasteiger partial charge in [0.2, 0.25) is 11.0 Å². The number of hydrogen-bond acceptors (Lipinski definition) is 1. The van der Waals surface area contributed by atoms with E-state index in [4.69, 9.17) is 33.9 Å². The van der Waals surface area contributed by atoms with Gasteiger partial charge in [-0.05, 0) is 0 Å². The maximum atomic E-state index is 4.98. The Balaban J connectivity index is 2.54. The summed E-state index contributed by atoms with van der Waals surface area (Å²) in [4.78, 5) is 0. The molecular formula is CCl3S+. The fourth-order valence-corrected chi connectivity index (χ4v) is 0. The molecule has 0 bridgehead atoms. The van der Waals surface area contributed by atoms with Gasteiger partial charge in [0, 0.05) is 10.7 Å². The third kappa shape index (κ3) is 5.09. The van der Waals surface area contributed by atoms with Crippen molar-refractivity contribution >= 4 is 44.9 Å². The Kier molecular flexibility index (Phi) is 4.00. The largest absolute Gasteiger partial charge is 0.391 e. The first-order valence-corrected chi connectivity index (χ1v) is 3.13. The van der Waals surface area contributed by atoms with Crippen LogP contribution in [-0.2, 0) is 0 Å². The second-order valence-electron chi connectivity index (χ2n) is 0.303. The van der Waals surface area contributed by atoms with Crippen LogP contribution in [0.4, 0.5) is 0 Å². The molecule has 4 heteroatoms. The Morgan fingerprint density at radius 2 is 1.60 bits per heavy atom. The molecule has 0 aromatic heterocycles. The maximum absolute atomic E-state index is 4.98. The molecule has 0 aliphatic heterocycles. The minimum Gasteiger partial charge on any atom is 0.0129 e. The summed E-state index contributed by atoms with van der Waals surface area (Å²) in [5.74, 6) is 0. The Morgan fingerprint density at radius 1 is 1.40 bits per heavy atom. The second kappa shape index (κ2) is 3.29. The number of halogens is 3. The predicted molar refractivity (Wildman–Crippen MR) is 28.4 cm³/mol. The lowest BCUT2D eigenvalue weighted by Crippen LogP contribution is -1.46. The highest BCUT2D eigenvalue weighted by Crippen LogP contribution is 2.30. The quantitative estimate of drug-likeness (QED) is 0.518. The lowest BCUT2D eigenvalue weighted by molar-refractivity contribution is 2.45. The van der Waals surface area contributed by atoms with Crippen molar-refractivity contribution < 1.29 is 0 Å². The minimum atomic E-state index is 0.131. The fourth-order valence-electron chi connectivity index (χ4n) is 0. The number of hydrogen-bond donors (Lipinski definition) is 0. The van der Waals surface area contributed by atoms with Gasteiger partial charge < -0.3 is 0 Å². The molecule has 30 valence electrons. The van der Waals surface area contributed by atoms with Crippen LogP contribution in [0, 0.1) is 4.17 Å². The summed E-state index contributed by atoms with van der Waals surface area (Å²) in [6.07, 6.45) is 0. The second-order valence-corrected chi connectivity index (χ2v) is 2.73. The van der Waals surface area contributed by atoms with E-state index in [9.17, 15) is 0 Å². The highest BCUT2D eigenvalue weighted by molar-refractivity contribution is 8.25. The molecule has 0 spiro atoms. The summed E-state index contributed by atoms with van der Waals surface area (Å²) in [5, 5.41) is 0. The first kappa shape index (κ1) is 6.09. The first-order valence-electron chi connectivity index (χ1n) is 0.736. The molecule has 0 atom stereocenters. The molecule has 5 heavy (non-hydrogen) atoms. The fraction of sp³-hybridized carbons (Fsp3) is 0. The van der Waals surface area contributed by atoms with E-state index in [1.165, 1.54) is 0 Å². The van der Waals surface area contributed by atoms with E-state index in [1.54, 1.807) is 0 Å². The summed E-state index contributed by atoms with van der Waals surface area (Å²) in [6, 6.07) is 0. The molecule has 0 radical (unpaired) electrons. The molecule has 0 saturated heterocycles. The van der Waals surface area contributed by atoms with Gasteiger partial charge in [0.05, 0.1) is 0 Å². The van der Waals surface area contributed by atoms with Crippen LogP contribution in [0.25, 0.3) is 0 Å². The molecule has 0 aromatic carbocycles. The molecule has 0 rings (SSSR count). The lowest BCUT2D eigenvalue weighted by atomic mass is 11.9. The van der Waals surface area contributed by atoms with Gasteiger partial charge in [0.25, 0.3) is 0 Å². The summed E-state index contributed by atoms with van der Waals surface area (Å²) >= 11 is 9.95. The smallest absolute Gasteiger partial charge is 0.0129 e. The first-order chi connectivity index (χ1) is 2.27. The van der Waals surface area contributed by atoms with Crippen LogP contribution in [0.15, 0.2) is 0 Å². The van der Waals surface area contributed by atoms with Crippen molar-refractivity contribution in [3.63, 3.8) is 0 Å². The van der Waals surface area contributed by atoms with Gasteiger partial charge in [-0.25, -0.2) is 0 Å². The van der Waals surface area contributed by atoms with E-state index < -0.39 is 0 Å². The van der Waals surface area contributed by atoms with Gasteiger partial charge >= 0.3 is 4.17 Å². The van der Waals surface area contributed by atoms with Crippen molar-refractivity contribution in [3.05, 3.63) is 4.17 Å². The van der Waals surface area contributed by atoms with Gasteiger partial charge in [0.1, 0.15) is 0 Å². The van der Waals surface area contributed by atoms with Gasteiger partial charge in [-0.2, -0.15) is 0 Å². The summed E-state index contributed by atoms with van der Waals surface area (Å²) < 4.78 is 0.131. The highest BCUT2D eigenvalue weighted by Gasteiger charge is 2.13. The predicted octanol–water partition coefficient (Wildman–Crippen LogP) is 2.80. The van der Waals surface area contributed by atoms with E-state index in [0.717, 1.165) is 11.0 Å². The van der Waals surface area contributed by atoms with Crippen molar-refractivity contribution in [2.24, 2.45) is 0 Å². The van der Waals surface area contributed by atoms with Crippen LogP contribution in [0.2, 0.25) is 0 Å². The standard InChI is InChI=1S/CCl3S/c2-1(3)5-4/q+1. The Morgan fingerprint density at radius 3 is 1.60 bits per heavy atom.